The van der Waals surface area contributed by atoms with Gasteiger partial charge in [0.1, 0.15) is 6.61 Å². The minimum Gasteiger partial charge on any atom is -0.462 e. The Bertz CT molecular complexity index is 1640. The van der Waals surface area contributed by atoms with Gasteiger partial charge in [-0.3, -0.25) is 9.59 Å². The summed E-state index contributed by atoms with van der Waals surface area (Å²) < 4.78 is 10.7. The SMILES string of the molecule is CC/C=C\C/C=C\C/C=C\C/C=C\C/C=C\C/C=C\C/C=C\C/C=C\C/C=C\C/C=C\CCCCCCCCCCC(=O)OC(CO)COC(=O)CCCCCCCC/C=C\C/C=C\C/C=C\C/C=C\CC. The predicted octanol–water partition coefficient (Wildman–Crippen LogP) is 19.7. The van der Waals surface area contributed by atoms with Gasteiger partial charge in [0.15, 0.2) is 6.10 Å². The maximum Gasteiger partial charge on any atom is 0.306 e. The van der Waals surface area contributed by atoms with Crippen molar-refractivity contribution in [2.75, 3.05) is 13.2 Å². The number of allylic oxidation sites excluding steroid dienone is 28. The van der Waals surface area contributed by atoms with Crippen molar-refractivity contribution in [2.45, 2.75) is 225 Å². The normalized spacial score (nSPS) is 13.5. The fraction of sp³-hybridized carbons (Fsp3) is 0.552. The molecule has 0 radical (unpaired) electrons. The summed E-state index contributed by atoms with van der Waals surface area (Å²) in [5.41, 5.74) is 0. The lowest BCUT2D eigenvalue weighted by molar-refractivity contribution is -0.161. The molecule has 1 N–H and O–H groups in total. The molecule has 0 saturated heterocycles. The van der Waals surface area contributed by atoms with Crippen molar-refractivity contribution in [2.24, 2.45) is 0 Å². The van der Waals surface area contributed by atoms with Crippen LogP contribution in [-0.2, 0) is 19.1 Å². The number of hydrogen-bond donors (Lipinski definition) is 1. The van der Waals surface area contributed by atoms with Crippen molar-refractivity contribution in [1.82, 2.24) is 0 Å². The van der Waals surface area contributed by atoms with Gasteiger partial charge in [0.25, 0.3) is 0 Å². The van der Waals surface area contributed by atoms with Crippen LogP contribution >= 0.6 is 0 Å². The van der Waals surface area contributed by atoms with Gasteiger partial charge >= 0.3 is 11.9 Å². The van der Waals surface area contributed by atoms with E-state index in [0.717, 1.165) is 141 Å². The highest BCUT2D eigenvalue weighted by atomic mass is 16.6. The summed E-state index contributed by atoms with van der Waals surface area (Å²) in [6.07, 6.45) is 94.6. The third-order valence-electron chi connectivity index (χ3n) is 11.5. The van der Waals surface area contributed by atoms with Crippen LogP contribution in [0.25, 0.3) is 0 Å². The maximum atomic E-state index is 12.3. The number of ether oxygens (including phenoxy) is 2. The van der Waals surface area contributed by atoms with Crippen LogP contribution < -0.4 is 0 Å². The molecule has 0 aliphatic heterocycles. The fourth-order valence-electron chi connectivity index (χ4n) is 7.28. The topological polar surface area (TPSA) is 72.8 Å². The molecule has 72 heavy (non-hydrogen) atoms. The van der Waals surface area contributed by atoms with Gasteiger partial charge in [-0.05, 0) is 128 Å². The highest BCUT2D eigenvalue weighted by Crippen LogP contribution is 2.13. The van der Waals surface area contributed by atoms with Crippen LogP contribution in [0, 0.1) is 0 Å². The summed E-state index contributed by atoms with van der Waals surface area (Å²) in [4.78, 5) is 24.5. The molecule has 5 nitrogen and oxygen atoms in total. The average Bonchev–Trinajstić information content (AvgIpc) is 3.38. The number of unbranched alkanes of at least 4 members (excludes halogenated alkanes) is 14. The van der Waals surface area contributed by atoms with E-state index in [-0.39, 0.29) is 25.2 Å². The average molecular weight is 990 g/mol. The minimum atomic E-state index is -0.796. The third kappa shape index (κ3) is 57.8. The second-order valence-electron chi connectivity index (χ2n) is 18.2. The molecule has 0 spiro atoms. The molecule has 402 valence electrons. The lowest BCUT2D eigenvalue weighted by Gasteiger charge is -2.15. The Morgan fingerprint density at radius 1 is 0.319 bits per heavy atom. The van der Waals surface area contributed by atoms with Crippen LogP contribution in [0.2, 0.25) is 0 Å². The Morgan fingerprint density at radius 2 is 0.556 bits per heavy atom. The van der Waals surface area contributed by atoms with Crippen LogP contribution in [-0.4, -0.2) is 36.4 Å². The lowest BCUT2D eigenvalue weighted by atomic mass is 10.1. The van der Waals surface area contributed by atoms with Crippen molar-refractivity contribution in [3.05, 3.63) is 170 Å². The lowest BCUT2D eigenvalue weighted by Crippen LogP contribution is -2.28. The van der Waals surface area contributed by atoms with E-state index >= 15 is 0 Å². The first kappa shape index (κ1) is 67.3. The molecule has 0 aromatic heterocycles. The number of hydrogen-bond acceptors (Lipinski definition) is 5. The molecule has 0 saturated carbocycles. The van der Waals surface area contributed by atoms with E-state index < -0.39 is 6.10 Å². The highest BCUT2D eigenvalue weighted by molar-refractivity contribution is 5.70. The van der Waals surface area contributed by atoms with Crippen LogP contribution in [0.1, 0.15) is 219 Å². The Kier molecular flexibility index (Phi) is 56.6. The van der Waals surface area contributed by atoms with E-state index in [4.69, 9.17) is 9.47 Å². The number of aliphatic hydroxyl groups is 1. The third-order valence-corrected chi connectivity index (χ3v) is 11.5. The smallest absolute Gasteiger partial charge is 0.306 e. The Hall–Kier alpha value is -4.74. The second-order valence-corrected chi connectivity index (χ2v) is 18.2. The van der Waals surface area contributed by atoms with E-state index in [1.165, 1.54) is 51.4 Å². The molecule has 5 heteroatoms. The first-order valence-electron chi connectivity index (χ1n) is 28.7. The quantitative estimate of drug-likeness (QED) is 0.0373. The monoisotopic (exact) mass is 989 g/mol. The fourth-order valence-corrected chi connectivity index (χ4v) is 7.28. The molecule has 0 aliphatic rings. The summed E-state index contributed by atoms with van der Waals surface area (Å²) in [5.74, 6) is -0.629. The molecular formula is C67H104O5. The van der Waals surface area contributed by atoms with Gasteiger partial charge in [-0.25, -0.2) is 0 Å². The zero-order valence-electron chi connectivity index (χ0n) is 45.9. The summed E-state index contributed by atoms with van der Waals surface area (Å²) >= 11 is 0. The largest absolute Gasteiger partial charge is 0.462 e. The molecule has 0 fully saturated rings. The summed E-state index contributed by atoms with van der Waals surface area (Å²) in [6.45, 7) is 3.88. The number of esters is 2. The molecule has 0 aliphatic carbocycles. The van der Waals surface area contributed by atoms with E-state index in [1.54, 1.807) is 0 Å². The van der Waals surface area contributed by atoms with Crippen molar-refractivity contribution in [3.8, 4) is 0 Å². The molecule has 0 heterocycles. The van der Waals surface area contributed by atoms with E-state index in [0.29, 0.717) is 12.8 Å². The van der Waals surface area contributed by atoms with E-state index in [2.05, 4.69) is 184 Å². The first-order valence-corrected chi connectivity index (χ1v) is 28.7. The van der Waals surface area contributed by atoms with Crippen LogP contribution in [0.15, 0.2) is 170 Å². The Morgan fingerprint density at radius 3 is 0.833 bits per heavy atom. The predicted molar refractivity (Wildman–Crippen MR) is 315 cm³/mol. The second kappa shape index (κ2) is 60.6. The van der Waals surface area contributed by atoms with Crippen LogP contribution in [0.5, 0.6) is 0 Å². The Balaban J connectivity index is 3.64. The highest BCUT2D eigenvalue weighted by Gasteiger charge is 2.16. The molecular weight excluding hydrogens is 885 g/mol. The van der Waals surface area contributed by atoms with Gasteiger partial charge in [-0.2, -0.15) is 0 Å². The minimum absolute atomic E-state index is 0.0875. The molecule has 0 aromatic rings. The maximum absolute atomic E-state index is 12.3. The van der Waals surface area contributed by atoms with Crippen molar-refractivity contribution in [3.63, 3.8) is 0 Å². The number of carbonyl (C=O) groups excluding carboxylic acids is 2. The van der Waals surface area contributed by atoms with Crippen molar-refractivity contribution < 1.29 is 24.2 Å². The standard InChI is InChI=1S/C67H104O5/c1-3-5-7-9-11-13-15-17-19-21-23-24-25-26-27-28-29-30-31-32-33-34-35-36-37-38-39-40-41-42-44-46-48-50-52-54-56-58-60-62-67(70)72-65(63-68)64-71-66(69)61-59-57-55-53-51-49-47-45-43-22-20-18-16-14-12-10-8-6-4-2/h5-8,11-14,17-20,23-24,26-27,29-30,32-33,35-36,38-39,41-43,45,65,68H,3-4,9-10,15-16,21-22,25,28,31,34,37,40,44,46-64H2,1-2H3/b7-5-,8-6-,13-11-,14-12-,19-17-,20-18-,24-23-,27-26-,30-29-,33-32-,36-35-,39-38-,42-41-,45-43-. The van der Waals surface area contributed by atoms with Gasteiger partial charge in [-0.15, -0.1) is 0 Å². The number of rotatable bonds is 50. The van der Waals surface area contributed by atoms with Gasteiger partial charge in [0.2, 0.25) is 0 Å². The summed E-state index contributed by atoms with van der Waals surface area (Å²) in [6, 6.07) is 0. The molecule has 0 bridgehead atoms. The molecule has 0 amide bonds. The molecule has 1 atom stereocenters. The first-order chi connectivity index (χ1) is 35.6. The van der Waals surface area contributed by atoms with Crippen LogP contribution in [0.4, 0.5) is 0 Å². The summed E-state index contributed by atoms with van der Waals surface area (Å²) in [5, 5.41) is 9.65. The van der Waals surface area contributed by atoms with E-state index in [9.17, 15) is 14.7 Å². The van der Waals surface area contributed by atoms with Gasteiger partial charge in [0, 0.05) is 12.8 Å². The van der Waals surface area contributed by atoms with Gasteiger partial charge in [0.05, 0.1) is 6.61 Å². The zero-order chi connectivity index (χ0) is 52.0. The zero-order valence-corrected chi connectivity index (χ0v) is 45.9. The molecule has 0 rings (SSSR count). The van der Waals surface area contributed by atoms with Gasteiger partial charge < -0.3 is 14.6 Å². The van der Waals surface area contributed by atoms with Crippen molar-refractivity contribution >= 4 is 11.9 Å². The molecule has 1 unspecified atom stereocenters. The molecule has 0 aromatic carbocycles. The van der Waals surface area contributed by atoms with Gasteiger partial charge in [-0.1, -0.05) is 248 Å². The van der Waals surface area contributed by atoms with Crippen molar-refractivity contribution in [1.29, 1.82) is 0 Å². The Labute approximate surface area is 443 Å². The van der Waals surface area contributed by atoms with Crippen LogP contribution in [0.3, 0.4) is 0 Å². The number of carbonyl (C=O) groups is 2. The van der Waals surface area contributed by atoms with E-state index in [1.807, 2.05) is 0 Å². The summed E-state index contributed by atoms with van der Waals surface area (Å²) in [7, 11) is 0. The number of aliphatic hydroxyl groups excluding tert-OH is 1.